The lowest BCUT2D eigenvalue weighted by Crippen LogP contribution is -2.38. The van der Waals surface area contributed by atoms with E-state index in [2.05, 4.69) is 31.2 Å². The molecule has 0 unspecified atom stereocenters. The highest BCUT2D eigenvalue weighted by Gasteiger charge is 2.25. The molecular weight excluding hydrogens is 449 g/mol. The third kappa shape index (κ3) is 4.56. The summed E-state index contributed by atoms with van der Waals surface area (Å²) >= 11 is 3.37. The molecule has 152 valence electrons. The Morgan fingerprint density at radius 2 is 2.14 bits per heavy atom. The van der Waals surface area contributed by atoms with Crippen LogP contribution in [0.5, 0.6) is 5.75 Å². The fraction of sp³-hybridized carbons (Fsp3) is 0.333. The Balaban J connectivity index is 1.36. The predicted octanol–water partition coefficient (Wildman–Crippen LogP) is 2.97. The molecule has 3 heterocycles. The van der Waals surface area contributed by atoms with E-state index in [0.717, 1.165) is 12.8 Å². The van der Waals surface area contributed by atoms with Gasteiger partial charge in [0.1, 0.15) is 24.2 Å². The lowest BCUT2D eigenvalue weighted by molar-refractivity contribution is -0.137. The molecule has 29 heavy (non-hydrogen) atoms. The van der Waals surface area contributed by atoms with Crippen molar-refractivity contribution in [2.45, 2.75) is 25.5 Å². The minimum Gasteiger partial charge on any atom is -0.489 e. The van der Waals surface area contributed by atoms with Crippen molar-refractivity contribution in [1.82, 2.24) is 19.9 Å². The number of anilines is 1. The molecule has 0 atom stereocenters. The largest absolute Gasteiger partial charge is 0.489 e. The van der Waals surface area contributed by atoms with E-state index in [0.29, 0.717) is 35.0 Å². The van der Waals surface area contributed by atoms with Gasteiger partial charge < -0.3 is 19.3 Å². The average Bonchev–Trinajstić information content (AvgIpc) is 3.34. The molecule has 1 fully saturated rings. The van der Waals surface area contributed by atoms with Crippen molar-refractivity contribution in [2.24, 2.45) is 0 Å². The van der Waals surface area contributed by atoms with E-state index < -0.39 is 5.97 Å². The number of halogens is 2. The molecule has 9 nitrogen and oxygen atoms in total. The van der Waals surface area contributed by atoms with Crippen molar-refractivity contribution in [3.63, 3.8) is 0 Å². The van der Waals surface area contributed by atoms with Gasteiger partial charge in [-0.25, -0.2) is 4.39 Å². The lowest BCUT2D eigenvalue weighted by Gasteiger charge is -2.31. The molecule has 0 radical (unpaired) electrons. The van der Waals surface area contributed by atoms with Crippen LogP contribution in [0.2, 0.25) is 0 Å². The number of rotatable bonds is 6. The number of piperidine rings is 1. The maximum absolute atomic E-state index is 13.4. The number of nitrogens with zero attached hydrogens (tertiary/aromatic N) is 5. The first-order valence-corrected chi connectivity index (χ1v) is 9.73. The van der Waals surface area contributed by atoms with Crippen molar-refractivity contribution in [2.75, 3.05) is 18.0 Å². The number of carboxylic acid groups (broad SMARTS) is 1. The van der Waals surface area contributed by atoms with Gasteiger partial charge in [0.15, 0.2) is 5.69 Å². The number of hydrogen-bond acceptors (Lipinski definition) is 7. The van der Waals surface area contributed by atoms with Gasteiger partial charge in [-0.2, -0.15) is 10.1 Å². The van der Waals surface area contributed by atoms with E-state index in [1.54, 1.807) is 18.3 Å². The summed E-state index contributed by atoms with van der Waals surface area (Å²) in [6.07, 6.45) is 2.95. The van der Waals surface area contributed by atoms with Crippen LogP contribution in [0.25, 0.3) is 11.6 Å². The second-order valence-electron chi connectivity index (χ2n) is 6.57. The molecule has 0 amide bonds. The number of carbonyl (C=O) groups is 1. The third-order valence-electron chi connectivity index (χ3n) is 4.48. The molecular formula is C18H17BrFN5O4. The van der Waals surface area contributed by atoms with Crippen LogP contribution in [0.3, 0.4) is 0 Å². The summed E-state index contributed by atoms with van der Waals surface area (Å²) in [5.41, 5.74) is 0.416. The topological polar surface area (TPSA) is 107 Å². The molecule has 1 aromatic carbocycles. The molecule has 1 aliphatic heterocycles. The number of hydrogen-bond donors (Lipinski definition) is 1. The number of aromatic nitrogens is 4. The smallest absolute Gasteiger partial charge is 0.325 e. The van der Waals surface area contributed by atoms with Gasteiger partial charge in [0, 0.05) is 38.2 Å². The standard InChI is InChI=1S/C18H17BrFN5O4/c19-13-2-1-11(20)9-15(13)28-12-3-6-24(7-4-12)18-21-17(29-23-18)14-5-8-25(22-14)10-16(26)27/h1-2,5,8-9,12H,3-4,6-7,10H2,(H,26,27). The van der Waals surface area contributed by atoms with Crippen molar-refractivity contribution < 1.29 is 23.6 Å². The second-order valence-corrected chi connectivity index (χ2v) is 7.43. The summed E-state index contributed by atoms with van der Waals surface area (Å²) in [4.78, 5) is 17.1. The molecule has 1 N–H and O–H groups in total. The van der Waals surface area contributed by atoms with Crippen molar-refractivity contribution in [1.29, 1.82) is 0 Å². The van der Waals surface area contributed by atoms with Crippen molar-refractivity contribution in [3.8, 4) is 17.3 Å². The Labute approximate surface area is 173 Å². The van der Waals surface area contributed by atoms with Gasteiger partial charge in [-0.3, -0.25) is 9.48 Å². The van der Waals surface area contributed by atoms with Gasteiger partial charge in [0.2, 0.25) is 0 Å². The third-order valence-corrected chi connectivity index (χ3v) is 5.14. The lowest BCUT2D eigenvalue weighted by atomic mass is 10.1. The van der Waals surface area contributed by atoms with Crippen LogP contribution < -0.4 is 9.64 Å². The minimum atomic E-state index is -0.985. The molecule has 0 bridgehead atoms. The number of aliphatic carboxylic acids is 1. The Kier molecular flexibility index (Phi) is 5.47. The minimum absolute atomic E-state index is 0.0394. The Hall–Kier alpha value is -2.95. The van der Waals surface area contributed by atoms with Gasteiger partial charge in [-0.05, 0) is 39.3 Å². The van der Waals surface area contributed by atoms with E-state index in [1.165, 1.54) is 16.8 Å². The first kappa shape index (κ1) is 19.4. The Morgan fingerprint density at radius 3 is 2.90 bits per heavy atom. The zero-order chi connectivity index (χ0) is 20.4. The van der Waals surface area contributed by atoms with E-state index in [4.69, 9.17) is 14.4 Å². The summed E-state index contributed by atoms with van der Waals surface area (Å²) < 4.78 is 26.6. The fourth-order valence-corrected chi connectivity index (χ4v) is 3.41. The Bertz CT molecular complexity index is 1020. The van der Waals surface area contributed by atoms with Gasteiger partial charge in [0.25, 0.3) is 11.8 Å². The van der Waals surface area contributed by atoms with Crippen LogP contribution in [0.4, 0.5) is 10.3 Å². The highest BCUT2D eigenvalue weighted by molar-refractivity contribution is 9.10. The van der Waals surface area contributed by atoms with Gasteiger partial charge >= 0.3 is 5.97 Å². The van der Waals surface area contributed by atoms with E-state index in [-0.39, 0.29) is 24.4 Å². The fourth-order valence-electron chi connectivity index (χ4n) is 3.07. The molecule has 2 aromatic heterocycles. The van der Waals surface area contributed by atoms with Crippen LogP contribution in [0, 0.1) is 5.82 Å². The molecule has 3 aromatic rings. The molecule has 4 rings (SSSR count). The summed E-state index contributed by atoms with van der Waals surface area (Å²) in [5, 5.41) is 16.9. The SMILES string of the molecule is O=C(O)Cn1ccc(-c2nc(N3CCC(Oc4cc(F)ccc4Br)CC3)no2)n1. The zero-order valence-corrected chi connectivity index (χ0v) is 16.7. The van der Waals surface area contributed by atoms with Gasteiger partial charge in [-0.1, -0.05) is 0 Å². The van der Waals surface area contributed by atoms with Crippen LogP contribution in [-0.4, -0.2) is 50.2 Å². The highest BCUT2D eigenvalue weighted by atomic mass is 79.9. The van der Waals surface area contributed by atoms with Crippen molar-refractivity contribution in [3.05, 3.63) is 40.8 Å². The summed E-state index contributed by atoms with van der Waals surface area (Å²) in [7, 11) is 0. The number of carboxylic acids is 1. The molecule has 1 saturated heterocycles. The molecule has 11 heteroatoms. The number of ether oxygens (including phenoxy) is 1. The monoisotopic (exact) mass is 465 g/mol. The average molecular weight is 466 g/mol. The quantitative estimate of drug-likeness (QED) is 0.591. The van der Waals surface area contributed by atoms with Crippen LogP contribution >= 0.6 is 15.9 Å². The Morgan fingerprint density at radius 1 is 1.34 bits per heavy atom. The first-order valence-electron chi connectivity index (χ1n) is 8.94. The van der Waals surface area contributed by atoms with Crippen molar-refractivity contribution >= 4 is 27.8 Å². The molecule has 1 aliphatic rings. The molecule has 0 spiro atoms. The molecule has 0 saturated carbocycles. The molecule has 0 aliphatic carbocycles. The summed E-state index contributed by atoms with van der Waals surface area (Å²) in [6.45, 7) is 1.07. The van der Waals surface area contributed by atoms with Gasteiger partial charge in [0.05, 0.1) is 4.47 Å². The first-order chi connectivity index (χ1) is 14.0. The maximum atomic E-state index is 13.4. The van der Waals surface area contributed by atoms with E-state index >= 15 is 0 Å². The van der Waals surface area contributed by atoms with E-state index in [9.17, 15) is 9.18 Å². The second kappa shape index (κ2) is 8.19. The normalized spacial score (nSPS) is 14.9. The van der Waals surface area contributed by atoms with E-state index in [1.807, 2.05) is 4.90 Å². The van der Waals surface area contributed by atoms with Crippen LogP contribution in [0.1, 0.15) is 12.8 Å². The van der Waals surface area contributed by atoms with Gasteiger partial charge in [-0.15, -0.1) is 0 Å². The maximum Gasteiger partial charge on any atom is 0.325 e. The van der Waals surface area contributed by atoms with Crippen LogP contribution in [0.15, 0.2) is 39.5 Å². The van der Waals surface area contributed by atoms with Crippen LogP contribution in [-0.2, 0) is 11.3 Å². The highest BCUT2D eigenvalue weighted by Crippen LogP contribution is 2.29. The number of benzene rings is 1. The predicted molar refractivity (Wildman–Crippen MR) is 103 cm³/mol. The summed E-state index contributed by atoms with van der Waals surface area (Å²) in [5.74, 6) is -0.168. The summed E-state index contributed by atoms with van der Waals surface area (Å²) in [6, 6.07) is 5.99. The zero-order valence-electron chi connectivity index (χ0n) is 15.2.